The Hall–Kier alpha value is -2.76. The van der Waals surface area contributed by atoms with Crippen LogP contribution in [0.5, 0.6) is 0 Å². The first-order valence-corrected chi connectivity index (χ1v) is 7.17. The van der Waals surface area contributed by atoms with Crippen molar-refractivity contribution in [3.63, 3.8) is 0 Å². The summed E-state index contributed by atoms with van der Waals surface area (Å²) in [5, 5.41) is 9.98. The maximum absolute atomic E-state index is 9.32. The monoisotopic (exact) mass is 305 g/mol. The second-order valence-electron chi connectivity index (χ2n) is 4.75. The minimum atomic E-state index is 0.563. The van der Waals surface area contributed by atoms with Crippen LogP contribution in [-0.2, 0) is 0 Å². The predicted octanol–water partition coefficient (Wildman–Crippen LogP) is 5.66. The van der Waals surface area contributed by atoms with Crippen LogP contribution in [0.4, 0.5) is 0 Å². The van der Waals surface area contributed by atoms with Gasteiger partial charge in [0.2, 0.25) is 0 Å². The lowest BCUT2D eigenvalue weighted by Crippen LogP contribution is -1.79. The van der Waals surface area contributed by atoms with Crippen LogP contribution in [-0.4, -0.2) is 0 Å². The van der Waals surface area contributed by atoms with Crippen LogP contribution in [0.2, 0.25) is 5.02 Å². The van der Waals surface area contributed by atoms with Crippen molar-refractivity contribution in [3.8, 4) is 17.4 Å². The van der Waals surface area contributed by atoms with E-state index in [0.717, 1.165) is 16.9 Å². The third-order valence-corrected chi connectivity index (χ3v) is 3.46. The molecule has 0 saturated heterocycles. The summed E-state index contributed by atoms with van der Waals surface area (Å²) in [6.07, 6.45) is 1.74. The van der Waals surface area contributed by atoms with Gasteiger partial charge in [-0.15, -0.1) is 0 Å². The van der Waals surface area contributed by atoms with E-state index in [4.69, 9.17) is 16.0 Å². The van der Waals surface area contributed by atoms with Crippen LogP contribution in [0, 0.1) is 11.3 Å². The quantitative estimate of drug-likeness (QED) is 0.585. The van der Waals surface area contributed by atoms with Crippen LogP contribution >= 0.6 is 11.6 Å². The Bertz CT molecular complexity index is 856. The Balaban J connectivity index is 1.94. The lowest BCUT2D eigenvalue weighted by atomic mass is 10.1. The van der Waals surface area contributed by atoms with Gasteiger partial charge in [-0.25, -0.2) is 0 Å². The number of nitriles is 1. The fraction of sp³-hybridized carbons (Fsp3) is 0. The highest BCUT2D eigenvalue weighted by Gasteiger charge is 2.06. The number of rotatable bonds is 3. The standard InChI is InChI=1S/C19H12ClNO/c20-17-8-4-7-15(11-17)19-10-9-18(22-19)12-16(13-21)14-5-2-1-3-6-14/h1-12H/b16-12-. The molecule has 0 unspecified atom stereocenters. The number of halogens is 1. The normalized spacial score (nSPS) is 11.2. The summed E-state index contributed by atoms with van der Waals surface area (Å²) in [6.45, 7) is 0. The Morgan fingerprint density at radius 1 is 1.00 bits per heavy atom. The maximum atomic E-state index is 9.32. The number of hydrogen-bond donors (Lipinski definition) is 0. The predicted molar refractivity (Wildman–Crippen MR) is 89.1 cm³/mol. The minimum absolute atomic E-state index is 0.563. The van der Waals surface area contributed by atoms with Gasteiger partial charge in [-0.05, 0) is 35.9 Å². The van der Waals surface area contributed by atoms with Crippen molar-refractivity contribution in [2.45, 2.75) is 0 Å². The summed E-state index contributed by atoms with van der Waals surface area (Å²) >= 11 is 5.99. The lowest BCUT2D eigenvalue weighted by molar-refractivity contribution is 0.572. The van der Waals surface area contributed by atoms with Gasteiger partial charge in [0.1, 0.15) is 11.5 Å². The van der Waals surface area contributed by atoms with Crippen molar-refractivity contribution >= 4 is 23.3 Å². The second kappa shape index (κ2) is 6.34. The Morgan fingerprint density at radius 3 is 2.55 bits per heavy atom. The molecule has 0 spiro atoms. The molecule has 106 valence electrons. The number of nitrogens with zero attached hydrogens (tertiary/aromatic N) is 1. The molecule has 0 aliphatic heterocycles. The van der Waals surface area contributed by atoms with Gasteiger partial charge in [0.15, 0.2) is 0 Å². The molecule has 1 heterocycles. The van der Waals surface area contributed by atoms with Gasteiger partial charge >= 0.3 is 0 Å². The largest absolute Gasteiger partial charge is 0.457 e. The minimum Gasteiger partial charge on any atom is -0.457 e. The maximum Gasteiger partial charge on any atom is 0.134 e. The molecule has 0 fully saturated rings. The van der Waals surface area contributed by atoms with Crippen LogP contribution in [0.3, 0.4) is 0 Å². The third-order valence-electron chi connectivity index (χ3n) is 3.23. The molecular formula is C19H12ClNO. The molecule has 1 aromatic heterocycles. The van der Waals surface area contributed by atoms with Gasteiger partial charge in [-0.2, -0.15) is 5.26 Å². The van der Waals surface area contributed by atoms with E-state index in [2.05, 4.69) is 6.07 Å². The van der Waals surface area contributed by atoms with E-state index in [1.165, 1.54) is 0 Å². The lowest BCUT2D eigenvalue weighted by Gasteiger charge is -1.98. The van der Waals surface area contributed by atoms with E-state index in [1.807, 2.05) is 66.7 Å². The highest BCUT2D eigenvalue weighted by atomic mass is 35.5. The molecule has 0 saturated carbocycles. The number of benzene rings is 2. The summed E-state index contributed by atoms with van der Waals surface area (Å²) < 4.78 is 5.79. The van der Waals surface area contributed by atoms with Crippen molar-refractivity contribution < 1.29 is 4.42 Å². The van der Waals surface area contributed by atoms with E-state index in [1.54, 1.807) is 6.08 Å². The van der Waals surface area contributed by atoms with E-state index in [0.29, 0.717) is 16.4 Å². The van der Waals surface area contributed by atoms with Gasteiger partial charge in [0.05, 0.1) is 11.6 Å². The van der Waals surface area contributed by atoms with Crippen molar-refractivity contribution in [2.24, 2.45) is 0 Å². The van der Waals surface area contributed by atoms with Crippen molar-refractivity contribution in [2.75, 3.05) is 0 Å². The van der Waals surface area contributed by atoms with Gasteiger partial charge < -0.3 is 4.42 Å². The molecule has 0 aliphatic rings. The first-order valence-electron chi connectivity index (χ1n) is 6.79. The van der Waals surface area contributed by atoms with E-state index in [-0.39, 0.29) is 0 Å². The average molecular weight is 306 g/mol. The summed E-state index contributed by atoms with van der Waals surface area (Å²) in [6, 6.07) is 22.9. The van der Waals surface area contributed by atoms with E-state index in [9.17, 15) is 5.26 Å². The molecule has 0 N–H and O–H groups in total. The summed E-state index contributed by atoms with van der Waals surface area (Å²) in [7, 11) is 0. The number of allylic oxidation sites excluding steroid dienone is 1. The van der Waals surface area contributed by atoms with Crippen LogP contribution < -0.4 is 0 Å². The Labute approximate surface area is 133 Å². The topological polar surface area (TPSA) is 36.9 Å². The van der Waals surface area contributed by atoms with Crippen LogP contribution in [0.15, 0.2) is 71.1 Å². The molecule has 0 radical (unpaired) electrons. The van der Waals surface area contributed by atoms with Crippen LogP contribution in [0.1, 0.15) is 11.3 Å². The zero-order valence-electron chi connectivity index (χ0n) is 11.7. The molecule has 0 atom stereocenters. The SMILES string of the molecule is N#C/C(=C/c1ccc(-c2cccc(Cl)c2)o1)c1ccccc1. The molecule has 3 aromatic rings. The zero-order chi connectivity index (χ0) is 15.4. The molecule has 0 amide bonds. The molecule has 3 rings (SSSR count). The summed E-state index contributed by atoms with van der Waals surface area (Å²) in [5.74, 6) is 1.36. The molecule has 22 heavy (non-hydrogen) atoms. The number of hydrogen-bond acceptors (Lipinski definition) is 2. The van der Waals surface area contributed by atoms with Crippen molar-refractivity contribution in [3.05, 3.63) is 83.1 Å². The zero-order valence-corrected chi connectivity index (χ0v) is 12.4. The van der Waals surface area contributed by atoms with Crippen molar-refractivity contribution in [1.29, 1.82) is 5.26 Å². The molecular weight excluding hydrogens is 294 g/mol. The molecule has 2 nitrogen and oxygen atoms in total. The van der Waals surface area contributed by atoms with E-state index < -0.39 is 0 Å². The van der Waals surface area contributed by atoms with Gasteiger partial charge in [-0.1, -0.05) is 54.1 Å². The first kappa shape index (κ1) is 14.2. The summed E-state index contributed by atoms with van der Waals surface area (Å²) in [5.41, 5.74) is 2.34. The Kier molecular flexibility index (Phi) is 4.09. The fourth-order valence-corrected chi connectivity index (χ4v) is 2.36. The molecule has 0 aliphatic carbocycles. The molecule has 2 aromatic carbocycles. The van der Waals surface area contributed by atoms with Gasteiger partial charge in [0.25, 0.3) is 0 Å². The number of furan rings is 1. The van der Waals surface area contributed by atoms with Gasteiger partial charge in [-0.3, -0.25) is 0 Å². The highest BCUT2D eigenvalue weighted by Crippen LogP contribution is 2.26. The smallest absolute Gasteiger partial charge is 0.134 e. The molecule has 0 bridgehead atoms. The molecule has 3 heteroatoms. The summed E-state index contributed by atoms with van der Waals surface area (Å²) in [4.78, 5) is 0. The third kappa shape index (κ3) is 3.11. The average Bonchev–Trinajstić information content (AvgIpc) is 3.02. The second-order valence-corrected chi connectivity index (χ2v) is 5.18. The van der Waals surface area contributed by atoms with E-state index >= 15 is 0 Å². The fourth-order valence-electron chi connectivity index (χ4n) is 2.17. The van der Waals surface area contributed by atoms with Gasteiger partial charge in [0, 0.05) is 10.6 Å². The highest BCUT2D eigenvalue weighted by molar-refractivity contribution is 6.30. The Morgan fingerprint density at radius 2 is 1.82 bits per heavy atom. The van der Waals surface area contributed by atoms with Crippen molar-refractivity contribution in [1.82, 2.24) is 0 Å². The first-order chi connectivity index (χ1) is 10.8. The van der Waals surface area contributed by atoms with Crippen LogP contribution in [0.25, 0.3) is 23.0 Å².